The molecule has 0 aliphatic heterocycles. The fraction of sp³-hybridized carbons (Fsp3) is 0.632. The molecule has 1 unspecified atom stereocenters. The van der Waals surface area contributed by atoms with Crippen molar-refractivity contribution in [2.75, 3.05) is 6.61 Å². The van der Waals surface area contributed by atoms with Crippen molar-refractivity contribution in [1.82, 2.24) is 0 Å². The summed E-state index contributed by atoms with van der Waals surface area (Å²) in [5.74, 6) is -0.130. The van der Waals surface area contributed by atoms with Gasteiger partial charge in [-0.25, -0.2) is 0 Å². The van der Waals surface area contributed by atoms with Crippen LogP contribution >= 0.6 is 0 Å². The molecule has 0 saturated heterocycles. The van der Waals surface area contributed by atoms with E-state index in [4.69, 9.17) is 5.73 Å². The Morgan fingerprint density at radius 1 is 1.30 bits per heavy atom. The van der Waals surface area contributed by atoms with Crippen molar-refractivity contribution in [2.45, 2.75) is 56.4 Å². The summed E-state index contributed by atoms with van der Waals surface area (Å²) < 4.78 is 0. The summed E-state index contributed by atoms with van der Waals surface area (Å²) in [4.78, 5) is 11.5. The number of hydrogen-bond donors (Lipinski definition) is 3. The average molecular weight is 317 g/mol. The summed E-state index contributed by atoms with van der Waals surface area (Å²) in [6.45, 7) is 2.29. The maximum Gasteiger partial charge on any atom is 0.323 e. The van der Waals surface area contributed by atoms with E-state index in [1.807, 2.05) is 0 Å². The van der Waals surface area contributed by atoms with E-state index in [0.717, 1.165) is 25.7 Å². The Labute approximate surface area is 137 Å². The number of benzene rings is 1. The number of nitrogens with two attached hydrogens (primary N) is 1. The first-order valence-corrected chi connectivity index (χ1v) is 8.63. The summed E-state index contributed by atoms with van der Waals surface area (Å²) >= 11 is 0. The van der Waals surface area contributed by atoms with E-state index in [1.54, 1.807) is 0 Å². The van der Waals surface area contributed by atoms with Crippen molar-refractivity contribution in [2.24, 2.45) is 17.6 Å². The largest absolute Gasteiger partial charge is 0.480 e. The van der Waals surface area contributed by atoms with Gasteiger partial charge in [0, 0.05) is 6.61 Å². The maximum atomic E-state index is 11.5. The van der Waals surface area contributed by atoms with E-state index in [0.29, 0.717) is 18.8 Å². The molecule has 1 spiro atoms. The molecule has 0 heterocycles. The molecule has 2 atom stereocenters. The second-order valence-corrected chi connectivity index (χ2v) is 7.70. The Balaban J connectivity index is 1.91. The van der Waals surface area contributed by atoms with Gasteiger partial charge in [0.15, 0.2) is 0 Å². The fourth-order valence-electron chi connectivity index (χ4n) is 4.77. The van der Waals surface area contributed by atoms with E-state index in [-0.39, 0.29) is 17.9 Å². The van der Waals surface area contributed by atoms with Crippen LogP contribution in [0.3, 0.4) is 0 Å². The SMILES string of the molecule is C[C@@H](CO)CC1Cc2ccccc2C12CCC(N)(C(=O)O)CC2. The summed E-state index contributed by atoms with van der Waals surface area (Å²) in [5, 5.41) is 18.9. The van der Waals surface area contributed by atoms with Gasteiger partial charge in [-0.3, -0.25) is 4.79 Å². The lowest BCUT2D eigenvalue weighted by Crippen LogP contribution is -2.54. The summed E-state index contributed by atoms with van der Waals surface area (Å²) in [6.07, 6.45) is 4.73. The van der Waals surface area contributed by atoms with Crippen molar-refractivity contribution in [3.63, 3.8) is 0 Å². The van der Waals surface area contributed by atoms with Gasteiger partial charge in [0.2, 0.25) is 0 Å². The molecular weight excluding hydrogens is 290 g/mol. The zero-order valence-electron chi connectivity index (χ0n) is 13.8. The zero-order valence-corrected chi connectivity index (χ0v) is 13.8. The van der Waals surface area contributed by atoms with Gasteiger partial charge in [0.05, 0.1) is 0 Å². The third kappa shape index (κ3) is 2.68. The van der Waals surface area contributed by atoms with Crippen LogP contribution in [0.25, 0.3) is 0 Å². The molecule has 1 aromatic carbocycles. The number of hydrogen-bond acceptors (Lipinski definition) is 3. The van der Waals surface area contributed by atoms with Crippen LogP contribution in [0.1, 0.15) is 50.2 Å². The minimum absolute atomic E-state index is 0.0400. The molecule has 0 aromatic heterocycles. The lowest BCUT2D eigenvalue weighted by Gasteiger charge is -2.45. The minimum atomic E-state index is -1.07. The Bertz CT molecular complexity index is 590. The van der Waals surface area contributed by atoms with E-state index < -0.39 is 11.5 Å². The molecule has 1 saturated carbocycles. The van der Waals surface area contributed by atoms with Crippen LogP contribution in [0.15, 0.2) is 24.3 Å². The molecule has 0 bridgehead atoms. The standard InChI is InChI=1S/C19H27NO3/c1-13(12-21)10-15-11-14-4-2-3-5-16(14)18(15)6-8-19(20,9-7-18)17(22)23/h2-5,13,15,21H,6-12,20H2,1H3,(H,22,23)/t13-,15?,18?,19?/m1/s1. The van der Waals surface area contributed by atoms with Gasteiger partial charge in [-0.05, 0) is 66.9 Å². The molecule has 1 aromatic rings. The van der Waals surface area contributed by atoms with Crippen molar-refractivity contribution in [1.29, 1.82) is 0 Å². The molecule has 2 aliphatic rings. The third-order valence-corrected chi connectivity index (χ3v) is 6.26. The molecular formula is C19H27NO3. The van der Waals surface area contributed by atoms with Crippen LogP contribution < -0.4 is 5.73 Å². The smallest absolute Gasteiger partial charge is 0.323 e. The topological polar surface area (TPSA) is 83.5 Å². The predicted octanol–water partition coefficient (Wildman–Crippen LogP) is 2.47. The van der Waals surface area contributed by atoms with E-state index in [9.17, 15) is 15.0 Å². The van der Waals surface area contributed by atoms with Crippen LogP contribution in [-0.4, -0.2) is 28.3 Å². The molecule has 126 valence electrons. The summed E-state index contributed by atoms with van der Waals surface area (Å²) in [7, 11) is 0. The number of rotatable bonds is 4. The minimum Gasteiger partial charge on any atom is -0.480 e. The van der Waals surface area contributed by atoms with Crippen LogP contribution in [0.5, 0.6) is 0 Å². The van der Waals surface area contributed by atoms with Gasteiger partial charge in [0.1, 0.15) is 5.54 Å². The van der Waals surface area contributed by atoms with E-state index in [2.05, 4.69) is 31.2 Å². The molecule has 4 heteroatoms. The Hall–Kier alpha value is -1.39. The number of aliphatic hydroxyl groups excluding tert-OH is 1. The zero-order chi connectivity index (χ0) is 16.7. The quantitative estimate of drug-likeness (QED) is 0.796. The predicted molar refractivity (Wildman–Crippen MR) is 89.2 cm³/mol. The third-order valence-electron chi connectivity index (χ3n) is 6.26. The fourth-order valence-corrected chi connectivity index (χ4v) is 4.77. The van der Waals surface area contributed by atoms with Crippen molar-refractivity contribution in [3.05, 3.63) is 35.4 Å². The van der Waals surface area contributed by atoms with Gasteiger partial charge in [-0.1, -0.05) is 31.2 Å². The Morgan fingerprint density at radius 3 is 2.57 bits per heavy atom. The highest BCUT2D eigenvalue weighted by molar-refractivity contribution is 5.78. The molecule has 2 aliphatic carbocycles. The average Bonchev–Trinajstić information content (AvgIpc) is 2.84. The van der Waals surface area contributed by atoms with Crippen LogP contribution in [0.4, 0.5) is 0 Å². The molecule has 4 N–H and O–H groups in total. The van der Waals surface area contributed by atoms with Crippen LogP contribution in [-0.2, 0) is 16.6 Å². The Kier molecular flexibility index (Phi) is 4.23. The van der Waals surface area contributed by atoms with E-state index >= 15 is 0 Å². The number of aliphatic carboxylic acids is 1. The number of carbonyl (C=O) groups is 1. The summed E-state index contributed by atoms with van der Waals surface area (Å²) in [5.41, 5.74) is 7.86. The molecule has 23 heavy (non-hydrogen) atoms. The second kappa shape index (κ2) is 5.91. The molecule has 0 radical (unpaired) electrons. The number of fused-ring (bicyclic) bond motifs is 2. The van der Waals surface area contributed by atoms with Gasteiger partial charge in [0.25, 0.3) is 0 Å². The summed E-state index contributed by atoms with van der Waals surface area (Å²) in [6, 6.07) is 8.57. The van der Waals surface area contributed by atoms with Gasteiger partial charge in [-0.15, -0.1) is 0 Å². The van der Waals surface area contributed by atoms with Gasteiger partial charge < -0.3 is 15.9 Å². The van der Waals surface area contributed by atoms with E-state index in [1.165, 1.54) is 11.1 Å². The number of carboxylic acids is 1. The lowest BCUT2D eigenvalue weighted by molar-refractivity contribution is -0.145. The van der Waals surface area contributed by atoms with Crippen LogP contribution in [0.2, 0.25) is 0 Å². The molecule has 4 nitrogen and oxygen atoms in total. The highest BCUT2D eigenvalue weighted by Crippen LogP contribution is 2.55. The maximum absolute atomic E-state index is 11.5. The molecule has 3 rings (SSSR count). The van der Waals surface area contributed by atoms with Crippen molar-refractivity contribution in [3.8, 4) is 0 Å². The highest BCUT2D eigenvalue weighted by atomic mass is 16.4. The monoisotopic (exact) mass is 317 g/mol. The van der Waals surface area contributed by atoms with Gasteiger partial charge in [-0.2, -0.15) is 0 Å². The Morgan fingerprint density at radius 2 is 1.96 bits per heavy atom. The molecule has 1 fully saturated rings. The highest BCUT2D eigenvalue weighted by Gasteiger charge is 2.52. The number of aliphatic hydroxyl groups is 1. The molecule has 0 amide bonds. The first kappa shape index (κ1) is 16.5. The first-order chi connectivity index (χ1) is 10.9. The lowest BCUT2D eigenvalue weighted by atomic mass is 9.60. The first-order valence-electron chi connectivity index (χ1n) is 8.63. The van der Waals surface area contributed by atoms with Crippen molar-refractivity contribution >= 4 is 5.97 Å². The van der Waals surface area contributed by atoms with Crippen LogP contribution in [0, 0.1) is 11.8 Å². The van der Waals surface area contributed by atoms with Gasteiger partial charge >= 0.3 is 5.97 Å². The van der Waals surface area contributed by atoms with Crippen molar-refractivity contribution < 1.29 is 15.0 Å². The number of carboxylic acid groups (broad SMARTS) is 1. The second-order valence-electron chi connectivity index (χ2n) is 7.70. The normalized spacial score (nSPS) is 34.3.